The lowest BCUT2D eigenvalue weighted by atomic mass is 10.1. The fraction of sp³-hybridized carbons (Fsp3) is 0.308. The summed E-state index contributed by atoms with van der Waals surface area (Å²) in [5, 5.41) is 0. The van der Waals surface area contributed by atoms with E-state index in [0.29, 0.717) is 6.54 Å². The summed E-state index contributed by atoms with van der Waals surface area (Å²) in [6.45, 7) is 0.483. The van der Waals surface area contributed by atoms with Crippen LogP contribution in [0.15, 0.2) is 30.5 Å². The Labute approximate surface area is 101 Å². The number of hydrogen-bond acceptors (Lipinski definition) is 3. The summed E-state index contributed by atoms with van der Waals surface area (Å²) >= 11 is 0. The first-order chi connectivity index (χ1) is 8.22. The summed E-state index contributed by atoms with van der Waals surface area (Å²) in [6, 6.07) is 8.02. The molecule has 0 saturated heterocycles. The minimum absolute atomic E-state index is 0.483. The van der Waals surface area contributed by atoms with Gasteiger partial charge >= 0.3 is 0 Å². The third kappa shape index (κ3) is 2.65. The molecule has 17 heavy (non-hydrogen) atoms. The van der Waals surface area contributed by atoms with Gasteiger partial charge in [0.05, 0.1) is 12.8 Å². The predicted molar refractivity (Wildman–Crippen MR) is 66.9 cm³/mol. The molecule has 90 valence electrons. The second-order valence-electron chi connectivity index (χ2n) is 3.99. The number of rotatable bonds is 4. The number of ether oxygens (including phenoxy) is 1. The van der Waals surface area contributed by atoms with Gasteiger partial charge in [-0.1, -0.05) is 12.1 Å². The lowest BCUT2D eigenvalue weighted by Crippen LogP contribution is -1.99. The minimum Gasteiger partial charge on any atom is -0.497 e. The molecular formula is C13H17N3O. The predicted octanol–water partition coefficient (Wildman–Crippen LogP) is 1.48. The third-order valence-corrected chi connectivity index (χ3v) is 2.75. The van der Waals surface area contributed by atoms with Gasteiger partial charge in [0, 0.05) is 26.2 Å². The van der Waals surface area contributed by atoms with Crippen LogP contribution < -0.4 is 10.5 Å². The number of aryl methyl sites for hydroxylation is 1. The highest BCUT2D eigenvalue weighted by Gasteiger charge is 2.05. The molecule has 0 spiro atoms. The molecule has 2 rings (SSSR count). The van der Waals surface area contributed by atoms with E-state index in [2.05, 4.69) is 17.1 Å². The molecule has 0 aliphatic rings. The maximum absolute atomic E-state index is 5.57. The Hall–Kier alpha value is -1.81. The molecule has 2 N–H and O–H groups in total. The summed E-state index contributed by atoms with van der Waals surface area (Å²) in [4.78, 5) is 4.47. The van der Waals surface area contributed by atoms with Gasteiger partial charge in [0.2, 0.25) is 0 Å². The molecule has 4 heteroatoms. The van der Waals surface area contributed by atoms with E-state index in [4.69, 9.17) is 10.5 Å². The van der Waals surface area contributed by atoms with Crippen LogP contribution in [0.4, 0.5) is 0 Å². The fourth-order valence-corrected chi connectivity index (χ4v) is 1.76. The molecule has 0 aliphatic carbocycles. The average Bonchev–Trinajstić information content (AvgIpc) is 2.71. The molecule has 1 aromatic heterocycles. The Balaban J connectivity index is 2.16. The van der Waals surface area contributed by atoms with Crippen molar-refractivity contribution in [2.75, 3.05) is 7.11 Å². The van der Waals surface area contributed by atoms with Crippen LogP contribution in [0.5, 0.6) is 5.75 Å². The standard InChI is InChI=1S/C13H17N3O/c1-16-9-11(8-14)15-13(16)7-10-3-5-12(17-2)6-4-10/h3-6,9H,7-8,14H2,1-2H3. The van der Waals surface area contributed by atoms with E-state index in [1.54, 1.807) is 7.11 Å². The SMILES string of the molecule is COc1ccc(Cc2nc(CN)cn2C)cc1. The van der Waals surface area contributed by atoms with Crippen molar-refractivity contribution in [3.8, 4) is 5.75 Å². The Bertz CT molecular complexity index is 488. The van der Waals surface area contributed by atoms with E-state index in [1.807, 2.05) is 29.9 Å². The van der Waals surface area contributed by atoms with Crippen molar-refractivity contribution in [3.63, 3.8) is 0 Å². The average molecular weight is 231 g/mol. The summed E-state index contributed by atoms with van der Waals surface area (Å²) in [7, 11) is 3.66. The first kappa shape index (κ1) is 11.7. The van der Waals surface area contributed by atoms with Gasteiger partial charge in [-0.15, -0.1) is 0 Å². The molecule has 0 atom stereocenters. The van der Waals surface area contributed by atoms with Gasteiger partial charge in [-0.3, -0.25) is 0 Å². The highest BCUT2D eigenvalue weighted by molar-refractivity contribution is 5.29. The summed E-state index contributed by atoms with van der Waals surface area (Å²) in [5.41, 5.74) is 7.71. The van der Waals surface area contributed by atoms with Gasteiger partial charge in [-0.2, -0.15) is 0 Å². The molecule has 1 heterocycles. The Morgan fingerprint density at radius 1 is 1.29 bits per heavy atom. The maximum atomic E-state index is 5.57. The number of benzene rings is 1. The monoisotopic (exact) mass is 231 g/mol. The third-order valence-electron chi connectivity index (χ3n) is 2.75. The van der Waals surface area contributed by atoms with Crippen LogP contribution in [0.3, 0.4) is 0 Å². The van der Waals surface area contributed by atoms with Crippen molar-refractivity contribution in [1.29, 1.82) is 0 Å². The van der Waals surface area contributed by atoms with Gasteiger partial charge in [0.1, 0.15) is 11.6 Å². The van der Waals surface area contributed by atoms with Gasteiger partial charge in [0.25, 0.3) is 0 Å². The van der Waals surface area contributed by atoms with Crippen molar-refractivity contribution < 1.29 is 4.74 Å². The zero-order valence-corrected chi connectivity index (χ0v) is 10.2. The van der Waals surface area contributed by atoms with Crippen molar-refractivity contribution in [2.45, 2.75) is 13.0 Å². The molecule has 2 aromatic rings. The van der Waals surface area contributed by atoms with E-state index < -0.39 is 0 Å². The zero-order chi connectivity index (χ0) is 12.3. The lowest BCUT2D eigenvalue weighted by molar-refractivity contribution is 0.414. The maximum Gasteiger partial charge on any atom is 0.118 e. The van der Waals surface area contributed by atoms with Crippen LogP contribution in [0, 0.1) is 0 Å². The largest absolute Gasteiger partial charge is 0.497 e. The van der Waals surface area contributed by atoms with Crippen molar-refractivity contribution >= 4 is 0 Å². The molecule has 0 amide bonds. The van der Waals surface area contributed by atoms with Crippen molar-refractivity contribution in [1.82, 2.24) is 9.55 Å². The van der Waals surface area contributed by atoms with Crippen molar-refractivity contribution in [3.05, 3.63) is 47.5 Å². The molecule has 0 bridgehead atoms. The summed E-state index contributed by atoms with van der Waals surface area (Å²) in [5.74, 6) is 1.90. The Kier molecular flexibility index (Phi) is 3.44. The Morgan fingerprint density at radius 3 is 2.53 bits per heavy atom. The molecule has 0 radical (unpaired) electrons. The molecule has 4 nitrogen and oxygen atoms in total. The second-order valence-corrected chi connectivity index (χ2v) is 3.99. The van der Waals surface area contributed by atoms with Gasteiger partial charge in [-0.05, 0) is 17.7 Å². The van der Waals surface area contributed by atoms with E-state index in [9.17, 15) is 0 Å². The van der Waals surface area contributed by atoms with Crippen LogP contribution in [-0.2, 0) is 20.0 Å². The first-order valence-corrected chi connectivity index (χ1v) is 5.57. The van der Waals surface area contributed by atoms with Crippen LogP contribution >= 0.6 is 0 Å². The highest BCUT2D eigenvalue weighted by atomic mass is 16.5. The normalized spacial score (nSPS) is 10.5. The highest BCUT2D eigenvalue weighted by Crippen LogP contribution is 2.14. The molecule has 0 saturated carbocycles. The van der Waals surface area contributed by atoms with E-state index in [-0.39, 0.29) is 0 Å². The first-order valence-electron chi connectivity index (χ1n) is 5.57. The number of hydrogen-bond donors (Lipinski definition) is 1. The number of aromatic nitrogens is 2. The number of imidazole rings is 1. The van der Waals surface area contributed by atoms with Gasteiger partial charge < -0.3 is 15.0 Å². The molecule has 0 aliphatic heterocycles. The van der Waals surface area contributed by atoms with E-state index in [0.717, 1.165) is 23.7 Å². The summed E-state index contributed by atoms with van der Waals surface area (Å²) < 4.78 is 7.15. The van der Waals surface area contributed by atoms with E-state index >= 15 is 0 Å². The van der Waals surface area contributed by atoms with Crippen LogP contribution in [0.25, 0.3) is 0 Å². The Morgan fingerprint density at radius 2 is 2.00 bits per heavy atom. The zero-order valence-electron chi connectivity index (χ0n) is 10.2. The topological polar surface area (TPSA) is 53.1 Å². The van der Waals surface area contributed by atoms with Gasteiger partial charge in [0.15, 0.2) is 0 Å². The number of nitrogens with two attached hydrogens (primary N) is 1. The van der Waals surface area contributed by atoms with Crippen LogP contribution in [0.1, 0.15) is 17.1 Å². The molecule has 0 unspecified atom stereocenters. The lowest BCUT2D eigenvalue weighted by Gasteiger charge is -2.03. The van der Waals surface area contributed by atoms with Crippen LogP contribution in [0.2, 0.25) is 0 Å². The van der Waals surface area contributed by atoms with E-state index in [1.165, 1.54) is 5.56 Å². The quantitative estimate of drug-likeness (QED) is 0.867. The second kappa shape index (κ2) is 5.01. The number of nitrogens with zero attached hydrogens (tertiary/aromatic N) is 2. The smallest absolute Gasteiger partial charge is 0.118 e. The van der Waals surface area contributed by atoms with Crippen LogP contribution in [-0.4, -0.2) is 16.7 Å². The number of methoxy groups -OCH3 is 1. The summed E-state index contributed by atoms with van der Waals surface area (Å²) in [6.07, 6.45) is 2.78. The van der Waals surface area contributed by atoms with Gasteiger partial charge in [-0.25, -0.2) is 4.98 Å². The van der Waals surface area contributed by atoms with Crippen molar-refractivity contribution in [2.24, 2.45) is 12.8 Å². The molecule has 1 aromatic carbocycles. The minimum atomic E-state index is 0.483. The molecule has 0 fully saturated rings. The fourth-order valence-electron chi connectivity index (χ4n) is 1.76. The molecular weight excluding hydrogens is 214 g/mol.